The van der Waals surface area contributed by atoms with E-state index < -0.39 is 17.8 Å². The second kappa shape index (κ2) is 11.3. The lowest BCUT2D eigenvalue weighted by atomic mass is 10.1. The molecule has 34 heavy (non-hydrogen) atoms. The predicted molar refractivity (Wildman–Crippen MR) is 130 cm³/mol. The van der Waals surface area contributed by atoms with Crippen LogP contribution in [0.5, 0.6) is 11.5 Å². The third-order valence-corrected chi connectivity index (χ3v) is 4.90. The number of esters is 1. The number of hydrogen-bond acceptors (Lipinski definition) is 6. The summed E-state index contributed by atoms with van der Waals surface area (Å²) in [5, 5.41) is 6.95. The van der Waals surface area contributed by atoms with Gasteiger partial charge in [-0.25, -0.2) is 10.2 Å². The molecule has 0 saturated heterocycles. The summed E-state index contributed by atoms with van der Waals surface area (Å²) >= 11 is 11.7. The van der Waals surface area contributed by atoms with Crippen LogP contribution in [0.3, 0.4) is 0 Å². The van der Waals surface area contributed by atoms with E-state index in [0.717, 1.165) is 0 Å². The minimum atomic E-state index is -0.972. The number of nitrogens with one attached hydrogen (secondary N) is 2. The van der Waals surface area contributed by atoms with Crippen molar-refractivity contribution in [3.63, 3.8) is 0 Å². The number of anilines is 1. The molecule has 0 atom stereocenters. The number of hydrazone groups is 1. The second-order valence-corrected chi connectivity index (χ2v) is 7.77. The van der Waals surface area contributed by atoms with E-state index in [0.29, 0.717) is 38.4 Å². The van der Waals surface area contributed by atoms with Gasteiger partial charge in [0.2, 0.25) is 0 Å². The molecule has 2 amide bonds. The molecule has 174 valence electrons. The van der Waals surface area contributed by atoms with Gasteiger partial charge in [-0.3, -0.25) is 9.59 Å². The van der Waals surface area contributed by atoms with Crippen LogP contribution in [0.15, 0.2) is 71.8 Å². The molecule has 2 N–H and O–H groups in total. The molecule has 0 aliphatic carbocycles. The molecular formula is C24H19Cl2N3O5. The molecule has 0 aliphatic rings. The Labute approximate surface area is 205 Å². The number of halogens is 2. The van der Waals surface area contributed by atoms with Gasteiger partial charge in [0.05, 0.1) is 18.4 Å². The molecule has 0 heterocycles. The van der Waals surface area contributed by atoms with E-state index in [-0.39, 0.29) is 5.69 Å². The predicted octanol–water partition coefficient (Wildman–Crippen LogP) is 4.70. The first kappa shape index (κ1) is 24.8. The number of ether oxygens (including phenoxy) is 2. The van der Waals surface area contributed by atoms with E-state index in [1.807, 2.05) is 0 Å². The van der Waals surface area contributed by atoms with E-state index in [1.165, 1.54) is 25.3 Å². The maximum atomic E-state index is 12.3. The summed E-state index contributed by atoms with van der Waals surface area (Å²) in [5.74, 6) is -1.45. The largest absolute Gasteiger partial charge is 0.497 e. The molecule has 0 spiro atoms. The Balaban J connectivity index is 1.57. The van der Waals surface area contributed by atoms with Crippen LogP contribution in [0.1, 0.15) is 22.8 Å². The van der Waals surface area contributed by atoms with Crippen LogP contribution in [-0.2, 0) is 9.59 Å². The average Bonchev–Trinajstić information content (AvgIpc) is 2.82. The van der Waals surface area contributed by atoms with Gasteiger partial charge >= 0.3 is 17.8 Å². The number of amides is 2. The van der Waals surface area contributed by atoms with Gasteiger partial charge in [-0.1, -0.05) is 23.2 Å². The fourth-order valence-corrected chi connectivity index (χ4v) is 3.25. The quantitative estimate of drug-likeness (QED) is 0.168. The zero-order valence-electron chi connectivity index (χ0n) is 18.1. The summed E-state index contributed by atoms with van der Waals surface area (Å²) < 4.78 is 10.4. The molecule has 0 aliphatic heterocycles. The normalized spacial score (nSPS) is 10.9. The maximum absolute atomic E-state index is 12.3. The van der Waals surface area contributed by atoms with Gasteiger partial charge in [0.15, 0.2) is 0 Å². The van der Waals surface area contributed by atoms with Crippen molar-refractivity contribution in [3.8, 4) is 11.5 Å². The molecule has 3 aromatic rings. The Bertz CT molecular complexity index is 1220. The first-order valence-electron chi connectivity index (χ1n) is 9.83. The zero-order valence-corrected chi connectivity index (χ0v) is 19.6. The van der Waals surface area contributed by atoms with E-state index in [9.17, 15) is 14.4 Å². The van der Waals surface area contributed by atoms with Crippen molar-refractivity contribution in [3.05, 3.63) is 87.9 Å². The van der Waals surface area contributed by atoms with Crippen molar-refractivity contribution in [2.75, 3.05) is 12.4 Å². The molecule has 0 aromatic heterocycles. The highest BCUT2D eigenvalue weighted by molar-refractivity contribution is 6.40. The first-order valence-corrected chi connectivity index (χ1v) is 10.6. The Morgan fingerprint density at radius 1 is 0.794 bits per heavy atom. The van der Waals surface area contributed by atoms with Crippen LogP contribution in [0.4, 0.5) is 5.69 Å². The Kier molecular flexibility index (Phi) is 8.24. The van der Waals surface area contributed by atoms with Crippen molar-refractivity contribution in [2.45, 2.75) is 6.92 Å². The summed E-state index contributed by atoms with van der Waals surface area (Å²) in [4.78, 5) is 36.3. The monoisotopic (exact) mass is 499 g/mol. The highest BCUT2D eigenvalue weighted by Crippen LogP contribution is 2.22. The van der Waals surface area contributed by atoms with Crippen molar-refractivity contribution in [2.24, 2.45) is 5.10 Å². The highest BCUT2D eigenvalue weighted by atomic mass is 35.5. The Morgan fingerprint density at radius 3 is 1.94 bits per heavy atom. The van der Waals surface area contributed by atoms with Crippen LogP contribution < -0.4 is 20.2 Å². The van der Waals surface area contributed by atoms with Gasteiger partial charge in [-0.2, -0.15) is 5.10 Å². The lowest BCUT2D eigenvalue weighted by Gasteiger charge is -2.07. The number of carbonyl (C=O) groups is 3. The van der Waals surface area contributed by atoms with Gasteiger partial charge in [0, 0.05) is 15.7 Å². The molecule has 0 saturated carbocycles. The van der Waals surface area contributed by atoms with E-state index in [1.54, 1.807) is 55.5 Å². The van der Waals surface area contributed by atoms with Gasteiger partial charge in [-0.15, -0.1) is 0 Å². The van der Waals surface area contributed by atoms with Crippen molar-refractivity contribution in [1.82, 2.24) is 5.43 Å². The summed E-state index contributed by atoms with van der Waals surface area (Å²) in [6, 6.07) is 17.4. The number of hydrogen-bond donors (Lipinski definition) is 2. The van der Waals surface area contributed by atoms with Crippen molar-refractivity contribution in [1.29, 1.82) is 0 Å². The fraction of sp³-hybridized carbons (Fsp3) is 0.0833. The van der Waals surface area contributed by atoms with Crippen LogP contribution in [0.25, 0.3) is 0 Å². The molecule has 10 heteroatoms. The van der Waals surface area contributed by atoms with Crippen LogP contribution >= 0.6 is 23.2 Å². The second-order valence-electron chi connectivity index (χ2n) is 6.89. The fourth-order valence-electron chi connectivity index (χ4n) is 2.72. The van der Waals surface area contributed by atoms with E-state index in [2.05, 4.69) is 15.8 Å². The van der Waals surface area contributed by atoms with Crippen LogP contribution in [0.2, 0.25) is 10.0 Å². The topological polar surface area (TPSA) is 106 Å². The maximum Gasteiger partial charge on any atom is 0.343 e. The van der Waals surface area contributed by atoms with Gasteiger partial charge in [0.25, 0.3) is 0 Å². The number of carbonyl (C=O) groups excluding carboxylic acids is 3. The lowest BCUT2D eigenvalue weighted by Crippen LogP contribution is -2.32. The first-order chi connectivity index (χ1) is 16.2. The molecule has 0 unspecified atom stereocenters. The molecular weight excluding hydrogens is 481 g/mol. The van der Waals surface area contributed by atoms with Crippen molar-refractivity contribution >= 4 is 52.4 Å². The minimum Gasteiger partial charge on any atom is -0.497 e. The van der Waals surface area contributed by atoms with E-state index in [4.69, 9.17) is 32.7 Å². The SMILES string of the molecule is COc1ccc(C(=O)Oc2ccc(/C(C)=N/NC(=O)C(=O)Nc3cc(Cl)cc(Cl)c3)cc2)cc1. The standard InChI is InChI=1S/C24H19Cl2N3O5/c1-14(28-29-23(31)22(30)27-19-12-17(25)11-18(26)13-19)15-3-9-21(10-4-15)34-24(32)16-5-7-20(33-2)8-6-16/h3-13H,1-2H3,(H,27,30)(H,29,31)/b28-14+. The summed E-state index contributed by atoms with van der Waals surface area (Å²) in [6.07, 6.45) is 0. The Hall–Kier alpha value is -3.88. The number of methoxy groups -OCH3 is 1. The van der Waals surface area contributed by atoms with Crippen LogP contribution in [-0.4, -0.2) is 30.6 Å². The minimum absolute atomic E-state index is 0.276. The molecule has 8 nitrogen and oxygen atoms in total. The van der Waals surface area contributed by atoms with E-state index >= 15 is 0 Å². The summed E-state index contributed by atoms with van der Waals surface area (Å²) in [7, 11) is 1.54. The molecule has 3 aromatic carbocycles. The third kappa shape index (κ3) is 6.81. The third-order valence-electron chi connectivity index (χ3n) is 4.46. The molecule has 3 rings (SSSR count). The smallest absolute Gasteiger partial charge is 0.343 e. The Morgan fingerprint density at radius 2 is 1.35 bits per heavy atom. The van der Waals surface area contributed by atoms with Crippen molar-refractivity contribution < 1.29 is 23.9 Å². The summed E-state index contributed by atoms with van der Waals surface area (Å²) in [5.41, 5.74) is 3.91. The van der Waals surface area contributed by atoms with Gasteiger partial charge in [-0.05, 0) is 79.2 Å². The van der Waals surface area contributed by atoms with Gasteiger partial charge < -0.3 is 14.8 Å². The number of rotatable bonds is 6. The molecule has 0 bridgehead atoms. The number of benzene rings is 3. The molecule has 0 fully saturated rings. The highest BCUT2D eigenvalue weighted by Gasteiger charge is 2.14. The average molecular weight is 500 g/mol. The molecule has 0 radical (unpaired) electrons. The summed E-state index contributed by atoms with van der Waals surface area (Å²) in [6.45, 7) is 1.65. The zero-order chi connectivity index (χ0) is 24.7. The number of nitrogens with zero attached hydrogens (tertiary/aromatic N) is 1. The van der Waals surface area contributed by atoms with Crippen LogP contribution in [0, 0.1) is 0 Å². The van der Waals surface area contributed by atoms with Gasteiger partial charge in [0.1, 0.15) is 11.5 Å². The lowest BCUT2D eigenvalue weighted by molar-refractivity contribution is -0.136.